The van der Waals surface area contributed by atoms with Crippen molar-refractivity contribution in [2.75, 3.05) is 5.32 Å². The lowest BCUT2D eigenvalue weighted by atomic mass is 10.1. The number of aromatic nitrogens is 1. The maximum absolute atomic E-state index is 11.8. The van der Waals surface area contributed by atoms with Gasteiger partial charge in [-0.1, -0.05) is 18.2 Å². The third kappa shape index (κ3) is 3.48. The molecular formula is C19H18N2O2. The standard InChI is InChI=1S/C19H18N2O2/c1-13(2)23-19(22)14-7-9-15(10-8-14)21-18-11-12-20-17-6-4-3-5-16(17)18/h3-13H,1-2H3,(H,20,21). The van der Waals surface area contributed by atoms with Crippen molar-refractivity contribution in [2.45, 2.75) is 20.0 Å². The highest BCUT2D eigenvalue weighted by Gasteiger charge is 2.09. The Morgan fingerprint density at radius 2 is 1.78 bits per heavy atom. The van der Waals surface area contributed by atoms with E-state index in [1.165, 1.54) is 0 Å². The van der Waals surface area contributed by atoms with Gasteiger partial charge >= 0.3 is 5.97 Å². The molecule has 0 unspecified atom stereocenters. The highest BCUT2D eigenvalue weighted by molar-refractivity contribution is 5.93. The van der Waals surface area contributed by atoms with Gasteiger partial charge in [0.25, 0.3) is 0 Å². The molecule has 0 saturated carbocycles. The van der Waals surface area contributed by atoms with Gasteiger partial charge in [0.1, 0.15) is 0 Å². The van der Waals surface area contributed by atoms with Crippen LogP contribution in [0.15, 0.2) is 60.8 Å². The van der Waals surface area contributed by atoms with Gasteiger partial charge in [0.15, 0.2) is 0 Å². The topological polar surface area (TPSA) is 51.2 Å². The summed E-state index contributed by atoms with van der Waals surface area (Å²) in [4.78, 5) is 16.2. The number of benzene rings is 2. The van der Waals surface area contributed by atoms with E-state index in [0.717, 1.165) is 22.3 Å². The molecule has 0 bridgehead atoms. The number of para-hydroxylation sites is 1. The van der Waals surface area contributed by atoms with Crippen LogP contribution in [0.2, 0.25) is 0 Å². The molecule has 0 spiro atoms. The number of nitrogens with zero attached hydrogens (tertiary/aromatic N) is 1. The normalized spacial score (nSPS) is 10.7. The molecule has 0 atom stereocenters. The Morgan fingerprint density at radius 3 is 2.52 bits per heavy atom. The number of carbonyl (C=O) groups is 1. The lowest BCUT2D eigenvalue weighted by Gasteiger charge is -2.11. The fraction of sp³-hybridized carbons (Fsp3) is 0.158. The number of ether oxygens (including phenoxy) is 1. The predicted octanol–water partition coefficient (Wildman–Crippen LogP) is 4.54. The number of hydrogen-bond acceptors (Lipinski definition) is 4. The van der Waals surface area contributed by atoms with Crippen LogP contribution in [-0.2, 0) is 4.74 Å². The van der Waals surface area contributed by atoms with Crippen LogP contribution >= 0.6 is 0 Å². The number of hydrogen-bond donors (Lipinski definition) is 1. The summed E-state index contributed by atoms with van der Waals surface area (Å²) in [5.74, 6) is -0.305. The summed E-state index contributed by atoms with van der Waals surface area (Å²) in [6, 6.07) is 17.1. The van der Waals surface area contributed by atoms with Crippen LogP contribution < -0.4 is 5.32 Å². The van der Waals surface area contributed by atoms with Gasteiger partial charge in [0.05, 0.1) is 17.2 Å². The molecule has 0 aliphatic heterocycles. The molecule has 4 heteroatoms. The minimum atomic E-state index is -0.305. The van der Waals surface area contributed by atoms with Crippen LogP contribution in [0, 0.1) is 0 Å². The average molecular weight is 306 g/mol. The zero-order valence-electron chi connectivity index (χ0n) is 13.1. The molecule has 4 nitrogen and oxygen atoms in total. The Labute approximate surface area is 135 Å². The van der Waals surface area contributed by atoms with Crippen LogP contribution in [0.25, 0.3) is 10.9 Å². The first-order valence-electron chi connectivity index (χ1n) is 7.55. The summed E-state index contributed by atoms with van der Waals surface area (Å²) in [5, 5.41) is 4.42. The van der Waals surface area contributed by atoms with E-state index >= 15 is 0 Å². The van der Waals surface area contributed by atoms with E-state index in [0.29, 0.717) is 5.56 Å². The zero-order valence-corrected chi connectivity index (χ0v) is 13.1. The van der Waals surface area contributed by atoms with Crippen molar-refractivity contribution in [3.63, 3.8) is 0 Å². The predicted molar refractivity (Wildman–Crippen MR) is 92.0 cm³/mol. The second kappa shape index (κ2) is 6.48. The van der Waals surface area contributed by atoms with Gasteiger partial charge in [-0.2, -0.15) is 0 Å². The molecular weight excluding hydrogens is 288 g/mol. The van der Waals surface area contributed by atoms with E-state index in [-0.39, 0.29) is 12.1 Å². The number of anilines is 2. The van der Waals surface area contributed by atoms with Crippen molar-refractivity contribution in [1.29, 1.82) is 0 Å². The number of rotatable bonds is 4. The maximum Gasteiger partial charge on any atom is 0.338 e. The number of nitrogens with one attached hydrogen (secondary N) is 1. The Bertz CT molecular complexity index is 821. The summed E-state index contributed by atoms with van der Waals surface area (Å²) in [6.45, 7) is 3.67. The number of carbonyl (C=O) groups excluding carboxylic acids is 1. The molecule has 0 saturated heterocycles. The highest BCUT2D eigenvalue weighted by atomic mass is 16.5. The fourth-order valence-corrected chi connectivity index (χ4v) is 2.33. The Kier molecular flexibility index (Phi) is 4.24. The lowest BCUT2D eigenvalue weighted by Crippen LogP contribution is -2.11. The van der Waals surface area contributed by atoms with Gasteiger partial charge in [-0.25, -0.2) is 4.79 Å². The number of fused-ring (bicyclic) bond motifs is 1. The number of pyridine rings is 1. The molecule has 0 fully saturated rings. The summed E-state index contributed by atoms with van der Waals surface area (Å²) >= 11 is 0. The van der Waals surface area contributed by atoms with Crippen LogP contribution in [0.4, 0.5) is 11.4 Å². The largest absolute Gasteiger partial charge is 0.459 e. The number of esters is 1. The van der Waals surface area contributed by atoms with Crippen molar-refractivity contribution in [3.05, 3.63) is 66.4 Å². The zero-order chi connectivity index (χ0) is 16.2. The average Bonchev–Trinajstić information content (AvgIpc) is 2.55. The van der Waals surface area contributed by atoms with E-state index in [2.05, 4.69) is 10.3 Å². The first-order valence-corrected chi connectivity index (χ1v) is 7.55. The Hall–Kier alpha value is -2.88. The summed E-state index contributed by atoms with van der Waals surface area (Å²) in [6.07, 6.45) is 1.66. The van der Waals surface area contributed by atoms with Gasteiger partial charge in [-0.3, -0.25) is 4.98 Å². The van der Waals surface area contributed by atoms with Crippen LogP contribution in [0.1, 0.15) is 24.2 Å². The molecule has 3 aromatic rings. The Morgan fingerprint density at radius 1 is 1.04 bits per heavy atom. The van der Waals surface area contributed by atoms with Crippen molar-refractivity contribution >= 4 is 28.2 Å². The van der Waals surface area contributed by atoms with Crippen LogP contribution in [0.5, 0.6) is 0 Å². The van der Waals surface area contributed by atoms with Gasteiger partial charge in [-0.05, 0) is 50.2 Å². The third-order valence-corrected chi connectivity index (χ3v) is 3.39. The second-order valence-corrected chi connectivity index (χ2v) is 5.53. The lowest BCUT2D eigenvalue weighted by molar-refractivity contribution is 0.0378. The molecule has 0 radical (unpaired) electrons. The van der Waals surface area contributed by atoms with Gasteiger partial charge in [0.2, 0.25) is 0 Å². The molecule has 1 aromatic heterocycles. The quantitative estimate of drug-likeness (QED) is 0.719. The van der Waals surface area contributed by atoms with Crippen LogP contribution in [0.3, 0.4) is 0 Å². The molecule has 0 aliphatic carbocycles. The molecule has 0 aliphatic rings. The van der Waals surface area contributed by atoms with Crippen molar-refractivity contribution in [1.82, 2.24) is 4.98 Å². The molecule has 23 heavy (non-hydrogen) atoms. The summed E-state index contributed by atoms with van der Waals surface area (Å²) < 4.78 is 5.18. The SMILES string of the molecule is CC(C)OC(=O)c1ccc(Nc2ccnc3ccccc23)cc1. The Balaban J connectivity index is 1.81. The van der Waals surface area contributed by atoms with Gasteiger partial charge < -0.3 is 10.1 Å². The highest BCUT2D eigenvalue weighted by Crippen LogP contribution is 2.25. The van der Waals surface area contributed by atoms with Crippen molar-refractivity contribution in [3.8, 4) is 0 Å². The minimum absolute atomic E-state index is 0.122. The molecule has 3 rings (SSSR count). The first kappa shape index (κ1) is 15.0. The van der Waals surface area contributed by atoms with E-state index < -0.39 is 0 Å². The van der Waals surface area contributed by atoms with E-state index in [4.69, 9.17) is 4.74 Å². The molecule has 1 heterocycles. The van der Waals surface area contributed by atoms with E-state index in [1.54, 1.807) is 18.3 Å². The molecule has 1 N–H and O–H groups in total. The second-order valence-electron chi connectivity index (χ2n) is 5.53. The van der Waals surface area contributed by atoms with Gasteiger partial charge in [-0.15, -0.1) is 0 Å². The van der Waals surface area contributed by atoms with E-state index in [9.17, 15) is 4.79 Å². The molecule has 2 aromatic carbocycles. The fourth-order valence-electron chi connectivity index (χ4n) is 2.33. The van der Waals surface area contributed by atoms with E-state index in [1.807, 2.05) is 56.3 Å². The van der Waals surface area contributed by atoms with Gasteiger partial charge in [0, 0.05) is 23.0 Å². The maximum atomic E-state index is 11.8. The monoisotopic (exact) mass is 306 g/mol. The summed E-state index contributed by atoms with van der Waals surface area (Å²) in [5.41, 5.74) is 3.37. The molecule has 116 valence electrons. The van der Waals surface area contributed by atoms with Crippen molar-refractivity contribution < 1.29 is 9.53 Å². The minimum Gasteiger partial charge on any atom is -0.459 e. The van der Waals surface area contributed by atoms with Crippen molar-refractivity contribution in [2.24, 2.45) is 0 Å². The first-order chi connectivity index (χ1) is 11.1. The smallest absolute Gasteiger partial charge is 0.338 e. The molecule has 0 amide bonds. The third-order valence-electron chi connectivity index (χ3n) is 3.39. The van der Waals surface area contributed by atoms with Crippen LogP contribution in [-0.4, -0.2) is 17.1 Å². The summed E-state index contributed by atoms with van der Waals surface area (Å²) in [7, 11) is 0.